The molecule has 0 saturated carbocycles. The summed E-state index contributed by atoms with van der Waals surface area (Å²) in [5.41, 5.74) is 0.980. The van der Waals surface area contributed by atoms with Gasteiger partial charge in [-0.1, -0.05) is 0 Å². The number of phenols is 1. The van der Waals surface area contributed by atoms with Crippen molar-refractivity contribution in [1.82, 2.24) is 10.3 Å². The molecule has 20 heavy (non-hydrogen) atoms. The van der Waals surface area contributed by atoms with Crippen LogP contribution in [0.5, 0.6) is 5.75 Å². The van der Waals surface area contributed by atoms with Crippen molar-refractivity contribution in [3.63, 3.8) is 0 Å². The molecule has 0 spiro atoms. The van der Waals surface area contributed by atoms with E-state index >= 15 is 0 Å². The monoisotopic (exact) mass is 305 g/mol. The number of carbonyl (C=O) groups excluding carboxylic acids is 1. The molecule has 10 nitrogen and oxygen atoms in total. The Labute approximate surface area is 113 Å². The van der Waals surface area contributed by atoms with Gasteiger partial charge in [-0.2, -0.15) is 0 Å². The summed E-state index contributed by atoms with van der Waals surface area (Å²) in [7, 11) is -4.22. The van der Waals surface area contributed by atoms with E-state index in [0.29, 0.717) is 6.07 Å². The van der Waals surface area contributed by atoms with Crippen LogP contribution in [0.2, 0.25) is 0 Å². The van der Waals surface area contributed by atoms with Gasteiger partial charge in [-0.05, 0) is 19.1 Å². The highest BCUT2D eigenvalue weighted by molar-refractivity contribution is 7.89. The molecule has 0 aliphatic carbocycles. The van der Waals surface area contributed by atoms with Crippen molar-refractivity contribution >= 4 is 21.8 Å². The molecule has 0 heterocycles. The molecular formula is C9H11N3O7S. The maximum atomic E-state index is 11.7. The van der Waals surface area contributed by atoms with Gasteiger partial charge in [0, 0.05) is 6.07 Å². The van der Waals surface area contributed by atoms with E-state index in [2.05, 4.69) is 4.74 Å². The molecule has 3 N–H and O–H groups in total. The van der Waals surface area contributed by atoms with Crippen LogP contribution in [0.15, 0.2) is 23.1 Å². The molecule has 1 amide bonds. The number of ether oxygens (including phenoxy) is 1. The first-order chi connectivity index (χ1) is 9.27. The molecule has 0 saturated heterocycles. The highest BCUT2D eigenvalue weighted by Crippen LogP contribution is 2.27. The fourth-order valence-corrected chi connectivity index (χ4v) is 2.00. The number of amides is 1. The number of nitrogens with one attached hydrogen (secondary N) is 2. The van der Waals surface area contributed by atoms with E-state index in [-0.39, 0.29) is 6.61 Å². The smallest absolute Gasteiger partial charge is 0.422 e. The van der Waals surface area contributed by atoms with Crippen LogP contribution in [0.3, 0.4) is 0 Å². The number of nitrogens with zero attached hydrogens (tertiary/aromatic N) is 1. The van der Waals surface area contributed by atoms with Crippen LogP contribution in [0.25, 0.3) is 0 Å². The third kappa shape index (κ3) is 3.80. The number of nitro groups is 1. The predicted octanol–water partition coefficient (Wildman–Crippen LogP) is 0.240. The largest absolute Gasteiger partial charge is 0.502 e. The SMILES string of the molecule is CCOC(=O)NNS(=O)(=O)c1ccc(O)c([N+](=O)[O-])c1. The van der Waals surface area contributed by atoms with Gasteiger partial charge in [-0.3, -0.25) is 10.1 Å². The third-order valence-electron chi connectivity index (χ3n) is 2.02. The fraction of sp³-hybridized carbons (Fsp3) is 0.222. The second kappa shape index (κ2) is 6.16. The van der Waals surface area contributed by atoms with Crippen LogP contribution in [-0.2, 0) is 14.8 Å². The Kier molecular flexibility index (Phi) is 4.83. The first-order valence-electron chi connectivity index (χ1n) is 5.20. The Morgan fingerprint density at radius 2 is 2.15 bits per heavy atom. The van der Waals surface area contributed by atoms with E-state index in [0.717, 1.165) is 12.1 Å². The highest BCUT2D eigenvalue weighted by Gasteiger charge is 2.21. The number of benzene rings is 1. The van der Waals surface area contributed by atoms with Gasteiger partial charge >= 0.3 is 11.8 Å². The Hall–Kier alpha value is -2.40. The Morgan fingerprint density at radius 1 is 1.50 bits per heavy atom. The van der Waals surface area contributed by atoms with E-state index < -0.39 is 37.4 Å². The van der Waals surface area contributed by atoms with Gasteiger partial charge in [0.25, 0.3) is 10.0 Å². The van der Waals surface area contributed by atoms with Crippen LogP contribution < -0.4 is 10.3 Å². The molecule has 1 aromatic carbocycles. The van der Waals surface area contributed by atoms with E-state index in [1.54, 1.807) is 10.3 Å². The maximum Gasteiger partial charge on any atom is 0.422 e. The molecular weight excluding hydrogens is 294 g/mol. The summed E-state index contributed by atoms with van der Waals surface area (Å²) in [6, 6.07) is 2.46. The standard InChI is InChI=1S/C9H11N3O7S/c1-2-19-9(14)10-11-20(17,18)6-3-4-8(13)7(5-6)12(15)16/h3-5,11,13H,2H2,1H3,(H,10,14). The zero-order valence-electron chi connectivity index (χ0n) is 10.2. The van der Waals surface area contributed by atoms with Gasteiger partial charge in [0.1, 0.15) is 0 Å². The lowest BCUT2D eigenvalue weighted by molar-refractivity contribution is -0.386. The number of carbonyl (C=O) groups is 1. The van der Waals surface area contributed by atoms with Gasteiger partial charge in [0.2, 0.25) is 0 Å². The van der Waals surface area contributed by atoms with Gasteiger partial charge in [0.15, 0.2) is 5.75 Å². The summed E-state index contributed by atoms with van der Waals surface area (Å²) in [6.45, 7) is 1.57. The molecule has 0 atom stereocenters. The molecule has 0 aliphatic rings. The Morgan fingerprint density at radius 3 is 2.70 bits per heavy atom. The van der Waals surface area contributed by atoms with Crippen molar-refractivity contribution in [2.24, 2.45) is 0 Å². The third-order valence-corrected chi connectivity index (χ3v) is 3.26. The predicted molar refractivity (Wildman–Crippen MR) is 65.2 cm³/mol. The van der Waals surface area contributed by atoms with Crippen LogP contribution >= 0.6 is 0 Å². The van der Waals surface area contributed by atoms with Crippen LogP contribution in [0.1, 0.15) is 6.92 Å². The minimum absolute atomic E-state index is 0.0399. The molecule has 0 aromatic heterocycles. The first-order valence-corrected chi connectivity index (χ1v) is 6.68. The minimum Gasteiger partial charge on any atom is -0.502 e. The number of rotatable bonds is 5. The summed E-state index contributed by atoms with van der Waals surface area (Å²) in [5.74, 6) is -0.674. The number of hydrogen-bond donors (Lipinski definition) is 3. The molecule has 1 rings (SSSR count). The van der Waals surface area contributed by atoms with Crippen molar-refractivity contribution in [1.29, 1.82) is 0 Å². The molecule has 11 heteroatoms. The summed E-state index contributed by atoms with van der Waals surface area (Å²) in [5, 5.41) is 19.8. The van der Waals surface area contributed by atoms with Gasteiger partial charge < -0.3 is 9.84 Å². The maximum absolute atomic E-state index is 11.7. The lowest BCUT2D eigenvalue weighted by Crippen LogP contribution is -2.41. The molecule has 0 bridgehead atoms. The van der Waals surface area contributed by atoms with Crippen molar-refractivity contribution < 1.29 is 28.0 Å². The van der Waals surface area contributed by atoms with Crippen LogP contribution in [-0.4, -0.2) is 31.1 Å². The zero-order chi connectivity index (χ0) is 15.3. The lowest BCUT2D eigenvalue weighted by Gasteiger charge is -2.08. The molecule has 1 aromatic rings. The fourth-order valence-electron chi connectivity index (χ4n) is 1.15. The van der Waals surface area contributed by atoms with Crippen LogP contribution in [0, 0.1) is 10.1 Å². The van der Waals surface area contributed by atoms with Gasteiger partial charge in [-0.15, -0.1) is 4.83 Å². The van der Waals surface area contributed by atoms with Crippen LogP contribution in [0.4, 0.5) is 10.5 Å². The number of aromatic hydroxyl groups is 1. The number of sulfonamides is 1. The minimum atomic E-state index is -4.22. The summed E-state index contributed by atoms with van der Waals surface area (Å²) >= 11 is 0. The summed E-state index contributed by atoms with van der Waals surface area (Å²) < 4.78 is 27.9. The number of hydrazine groups is 1. The van der Waals surface area contributed by atoms with E-state index in [1.165, 1.54) is 6.92 Å². The first kappa shape index (κ1) is 15.7. The summed E-state index contributed by atoms with van der Waals surface area (Å²) in [4.78, 5) is 21.8. The van der Waals surface area contributed by atoms with E-state index in [4.69, 9.17) is 0 Å². The second-order valence-corrected chi connectivity index (χ2v) is 5.04. The number of nitro benzene ring substituents is 1. The van der Waals surface area contributed by atoms with E-state index in [1.807, 2.05) is 0 Å². The quantitative estimate of drug-likeness (QED) is 0.521. The molecule has 0 aliphatic heterocycles. The normalized spacial score (nSPS) is 10.8. The second-order valence-electron chi connectivity index (χ2n) is 3.36. The van der Waals surface area contributed by atoms with Crippen molar-refractivity contribution in [2.45, 2.75) is 11.8 Å². The number of hydrogen-bond acceptors (Lipinski definition) is 7. The zero-order valence-corrected chi connectivity index (χ0v) is 11.0. The molecule has 0 unspecified atom stereocenters. The van der Waals surface area contributed by atoms with Crippen molar-refractivity contribution in [3.05, 3.63) is 28.3 Å². The number of phenolic OH excluding ortho intramolecular Hbond substituents is 1. The topological polar surface area (TPSA) is 148 Å². The highest BCUT2D eigenvalue weighted by atomic mass is 32.2. The van der Waals surface area contributed by atoms with E-state index in [9.17, 15) is 28.4 Å². The van der Waals surface area contributed by atoms with Crippen molar-refractivity contribution in [2.75, 3.05) is 6.61 Å². The van der Waals surface area contributed by atoms with Crippen molar-refractivity contribution in [3.8, 4) is 5.75 Å². The average molecular weight is 305 g/mol. The Balaban J connectivity index is 2.96. The van der Waals surface area contributed by atoms with Gasteiger partial charge in [-0.25, -0.2) is 18.6 Å². The van der Waals surface area contributed by atoms with Gasteiger partial charge in [0.05, 0.1) is 16.4 Å². The summed E-state index contributed by atoms with van der Waals surface area (Å²) in [6.07, 6.45) is -1.02. The molecule has 0 fully saturated rings. The molecule has 110 valence electrons. The lowest BCUT2D eigenvalue weighted by atomic mass is 10.3. The molecule has 0 radical (unpaired) electrons. The average Bonchev–Trinajstić information content (AvgIpc) is 2.37. The Bertz CT molecular complexity index is 628.